The summed E-state index contributed by atoms with van der Waals surface area (Å²) in [5, 5.41) is 0. The molecule has 0 bridgehead atoms. The Kier molecular flexibility index (Phi) is 7.61. The lowest BCUT2D eigenvalue weighted by Crippen LogP contribution is -2.46. The van der Waals surface area contributed by atoms with Crippen molar-refractivity contribution in [1.82, 2.24) is 14.4 Å². The monoisotopic (exact) mass is 453 g/mol. The standard InChI is InChI=1S/C26H35N3O4/c1-19-9-6-10-20(15-19)17-28-14-8-12-22(23(28)30)24(31)29-13-7-11-21(18-29)16-27(5)25(32)33-26(2,3)4/h6,8-10,12,14-15,21H,7,11,13,16-18H2,1-5H3. The van der Waals surface area contributed by atoms with E-state index in [0.717, 1.165) is 24.0 Å². The smallest absolute Gasteiger partial charge is 0.410 e. The van der Waals surface area contributed by atoms with Gasteiger partial charge in [-0.1, -0.05) is 29.8 Å². The first-order chi connectivity index (χ1) is 15.5. The minimum Gasteiger partial charge on any atom is -0.444 e. The predicted octanol–water partition coefficient (Wildman–Crippen LogP) is 3.92. The SMILES string of the molecule is Cc1cccc(Cn2cccc(C(=O)N3CCCC(CN(C)C(=O)OC(C)(C)C)C3)c2=O)c1. The molecule has 1 fully saturated rings. The number of hydrogen-bond acceptors (Lipinski definition) is 4. The Hall–Kier alpha value is -3.09. The van der Waals surface area contributed by atoms with Crippen LogP contribution in [-0.4, -0.2) is 58.7 Å². The molecule has 0 aliphatic carbocycles. The molecule has 2 amide bonds. The second-order valence-corrected chi connectivity index (χ2v) is 9.96. The van der Waals surface area contributed by atoms with Gasteiger partial charge < -0.3 is 19.1 Å². The Morgan fingerprint density at radius 3 is 2.64 bits per heavy atom. The first-order valence-electron chi connectivity index (χ1n) is 11.5. The van der Waals surface area contributed by atoms with E-state index in [1.165, 1.54) is 0 Å². The van der Waals surface area contributed by atoms with Gasteiger partial charge in [-0.05, 0) is 64.2 Å². The van der Waals surface area contributed by atoms with E-state index in [0.29, 0.717) is 26.2 Å². The number of amides is 2. The molecule has 1 aliphatic heterocycles. The molecule has 0 radical (unpaired) electrons. The molecule has 7 heteroatoms. The highest BCUT2D eigenvalue weighted by Gasteiger charge is 2.29. The Morgan fingerprint density at radius 1 is 1.18 bits per heavy atom. The molecule has 3 rings (SSSR count). The summed E-state index contributed by atoms with van der Waals surface area (Å²) >= 11 is 0. The summed E-state index contributed by atoms with van der Waals surface area (Å²) in [5.41, 5.74) is 1.50. The van der Waals surface area contributed by atoms with E-state index in [1.807, 2.05) is 52.0 Å². The molecule has 2 aromatic rings. The van der Waals surface area contributed by atoms with Gasteiger partial charge in [0.2, 0.25) is 0 Å². The van der Waals surface area contributed by atoms with Crippen LogP contribution in [0.2, 0.25) is 0 Å². The third kappa shape index (κ3) is 6.70. The second-order valence-electron chi connectivity index (χ2n) is 9.96. The molecule has 1 atom stereocenters. The highest BCUT2D eigenvalue weighted by atomic mass is 16.6. The summed E-state index contributed by atoms with van der Waals surface area (Å²) in [5.74, 6) is -0.110. The Morgan fingerprint density at radius 2 is 1.94 bits per heavy atom. The molecule has 1 unspecified atom stereocenters. The normalized spacial score (nSPS) is 16.4. The van der Waals surface area contributed by atoms with Crippen LogP contribution in [0.4, 0.5) is 4.79 Å². The molecule has 1 aliphatic rings. The van der Waals surface area contributed by atoms with Gasteiger partial charge in [-0.2, -0.15) is 0 Å². The van der Waals surface area contributed by atoms with Crippen molar-refractivity contribution in [2.75, 3.05) is 26.7 Å². The molecule has 0 spiro atoms. The number of carbonyl (C=O) groups excluding carboxylic acids is 2. The van der Waals surface area contributed by atoms with E-state index >= 15 is 0 Å². The van der Waals surface area contributed by atoms with Gasteiger partial charge in [0.25, 0.3) is 11.5 Å². The fraction of sp³-hybridized carbons (Fsp3) is 0.500. The molecule has 2 heterocycles. The minimum absolute atomic E-state index is 0.137. The average Bonchev–Trinajstić information content (AvgIpc) is 2.74. The molecule has 1 saturated heterocycles. The Bertz CT molecular complexity index is 1050. The van der Waals surface area contributed by atoms with Crippen LogP contribution in [0.15, 0.2) is 47.4 Å². The number of aryl methyl sites for hydroxylation is 1. The van der Waals surface area contributed by atoms with Crippen molar-refractivity contribution < 1.29 is 14.3 Å². The molecular weight excluding hydrogens is 418 g/mol. The summed E-state index contributed by atoms with van der Waals surface area (Å²) in [6, 6.07) is 11.4. The lowest BCUT2D eigenvalue weighted by atomic mass is 9.97. The van der Waals surface area contributed by atoms with Gasteiger partial charge in [-0.25, -0.2) is 4.79 Å². The number of likely N-dealkylation sites (tertiary alicyclic amines) is 1. The van der Waals surface area contributed by atoms with Crippen LogP contribution in [0.5, 0.6) is 0 Å². The van der Waals surface area contributed by atoms with E-state index < -0.39 is 5.60 Å². The first kappa shape index (κ1) is 24.6. The third-order valence-electron chi connectivity index (χ3n) is 5.73. The summed E-state index contributed by atoms with van der Waals surface area (Å²) < 4.78 is 7.02. The topological polar surface area (TPSA) is 71.8 Å². The Balaban J connectivity index is 1.68. The molecule has 0 saturated carbocycles. The Labute approximate surface area is 196 Å². The van der Waals surface area contributed by atoms with Gasteiger partial charge in [0.05, 0.1) is 6.54 Å². The van der Waals surface area contributed by atoms with Gasteiger partial charge in [-0.15, -0.1) is 0 Å². The lowest BCUT2D eigenvalue weighted by molar-refractivity contribution is 0.0244. The average molecular weight is 454 g/mol. The zero-order valence-electron chi connectivity index (χ0n) is 20.3. The van der Waals surface area contributed by atoms with Crippen molar-refractivity contribution in [1.29, 1.82) is 0 Å². The minimum atomic E-state index is -0.550. The lowest BCUT2D eigenvalue weighted by Gasteiger charge is -2.35. The summed E-state index contributed by atoms with van der Waals surface area (Å²) in [6.07, 6.45) is 3.11. The van der Waals surface area contributed by atoms with Crippen molar-refractivity contribution in [3.8, 4) is 0 Å². The quantitative estimate of drug-likeness (QED) is 0.688. The number of aromatic nitrogens is 1. The van der Waals surface area contributed by atoms with Crippen LogP contribution >= 0.6 is 0 Å². The van der Waals surface area contributed by atoms with Crippen LogP contribution in [0.3, 0.4) is 0 Å². The largest absolute Gasteiger partial charge is 0.444 e. The maximum absolute atomic E-state index is 13.2. The third-order valence-corrected chi connectivity index (χ3v) is 5.73. The predicted molar refractivity (Wildman–Crippen MR) is 128 cm³/mol. The van der Waals surface area contributed by atoms with Gasteiger partial charge in [0.15, 0.2) is 0 Å². The highest BCUT2D eigenvalue weighted by Crippen LogP contribution is 2.20. The van der Waals surface area contributed by atoms with E-state index in [1.54, 1.807) is 39.7 Å². The van der Waals surface area contributed by atoms with Crippen LogP contribution in [0, 0.1) is 12.8 Å². The maximum Gasteiger partial charge on any atom is 0.410 e. The molecule has 1 aromatic carbocycles. The fourth-order valence-corrected chi connectivity index (χ4v) is 4.20. The van der Waals surface area contributed by atoms with Gasteiger partial charge in [-0.3, -0.25) is 9.59 Å². The van der Waals surface area contributed by atoms with Crippen molar-refractivity contribution in [2.24, 2.45) is 5.92 Å². The number of pyridine rings is 1. The molecule has 33 heavy (non-hydrogen) atoms. The first-order valence-corrected chi connectivity index (χ1v) is 11.5. The van der Waals surface area contributed by atoms with Crippen molar-refractivity contribution in [2.45, 2.75) is 52.7 Å². The van der Waals surface area contributed by atoms with E-state index in [-0.39, 0.29) is 29.0 Å². The summed E-state index contributed by atoms with van der Waals surface area (Å²) in [7, 11) is 1.72. The highest BCUT2D eigenvalue weighted by molar-refractivity contribution is 5.93. The van der Waals surface area contributed by atoms with Gasteiger partial charge >= 0.3 is 6.09 Å². The number of ether oxygens (including phenoxy) is 1. The van der Waals surface area contributed by atoms with Crippen LogP contribution in [0.1, 0.15) is 55.1 Å². The van der Waals surface area contributed by atoms with Crippen molar-refractivity contribution in [3.63, 3.8) is 0 Å². The van der Waals surface area contributed by atoms with E-state index in [9.17, 15) is 14.4 Å². The summed E-state index contributed by atoms with van der Waals surface area (Å²) in [4.78, 5) is 41.9. The molecule has 0 N–H and O–H groups in total. The summed E-state index contributed by atoms with van der Waals surface area (Å²) in [6.45, 7) is 9.58. The maximum atomic E-state index is 13.2. The van der Waals surface area contributed by atoms with Gasteiger partial charge in [0.1, 0.15) is 11.2 Å². The van der Waals surface area contributed by atoms with Crippen LogP contribution < -0.4 is 5.56 Å². The molecule has 178 valence electrons. The number of rotatable bonds is 5. The van der Waals surface area contributed by atoms with Crippen LogP contribution in [0.25, 0.3) is 0 Å². The van der Waals surface area contributed by atoms with E-state index in [2.05, 4.69) is 0 Å². The number of carbonyl (C=O) groups is 2. The van der Waals surface area contributed by atoms with Gasteiger partial charge in [0, 0.05) is 32.9 Å². The zero-order valence-corrected chi connectivity index (χ0v) is 20.3. The molecule has 7 nitrogen and oxygen atoms in total. The molecular formula is C26H35N3O4. The number of benzene rings is 1. The van der Waals surface area contributed by atoms with Crippen molar-refractivity contribution in [3.05, 3.63) is 69.6 Å². The zero-order chi connectivity index (χ0) is 24.2. The molecule has 1 aromatic heterocycles. The fourth-order valence-electron chi connectivity index (χ4n) is 4.20. The van der Waals surface area contributed by atoms with Crippen LogP contribution in [-0.2, 0) is 11.3 Å². The number of hydrogen-bond donors (Lipinski definition) is 0. The number of piperidine rings is 1. The second kappa shape index (κ2) is 10.2. The number of nitrogens with zero attached hydrogens (tertiary/aromatic N) is 3. The van der Waals surface area contributed by atoms with E-state index in [4.69, 9.17) is 4.74 Å². The van der Waals surface area contributed by atoms with Crippen molar-refractivity contribution >= 4 is 12.0 Å².